The monoisotopic (exact) mass is 223 g/mol. The fourth-order valence-corrected chi connectivity index (χ4v) is 1.15. The van der Waals surface area contributed by atoms with Crippen molar-refractivity contribution in [3.63, 3.8) is 0 Å². The number of nitrogens with one attached hydrogen (secondary N) is 1. The molecule has 0 aliphatic rings. The first-order chi connectivity index (χ1) is 7.49. The van der Waals surface area contributed by atoms with E-state index in [2.05, 4.69) is 9.97 Å². The molecular formula is C10H14BNO4. The summed E-state index contributed by atoms with van der Waals surface area (Å²) in [6.45, 7) is 3.75. The van der Waals surface area contributed by atoms with Crippen molar-refractivity contribution in [2.24, 2.45) is 0 Å². The van der Waals surface area contributed by atoms with Crippen LogP contribution in [-0.2, 0) is 0 Å². The molecule has 3 N–H and O–H groups in total. The molecule has 0 atom stereocenters. The van der Waals surface area contributed by atoms with Crippen LogP contribution in [0.4, 0.5) is 0 Å². The Morgan fingerprint density at radius 1 is 1.31 bits per heavy atom. The van der Waals surface area contributed by atoms with E-state index in [1.165, 1.54) is 12.1 Å². The Kier molecular flexibility index (Phi) is 4.33. The SMILES string of the molecule is CC(C)NC(=O)c1ccc(OB(O)O)cc1. The van der Waals surface area contributed by atoms with E-state index in [1.54, 1.807) is 12.1 Å². The van der Waals surface area contributed by atoms with E-state index in [1.807, 2.05) is 13.8 Å². The lowest BCUT2D eigenvalue weighted by atomic mass is 10.2. The Bertz CT molecular complexity index is 350. The van der Waals surface area contributed by atoms with E-state index >= 15 is 0 Å². The van der Waals surface area contributed by atoms with Crippen LogP contribution in [0.2, 0.25) is 0 Å². The van der Waals surface area contributed by atoms with Gasteiger partial charge in [0.2, 0.25) is 0 Å². The highest BCUT2D eigenvalue weighted by Gasteiger charge is 2.12. The largest absolute Gasteiger partial charge is 0.707 e. The number of hydrogen-bond acceptors (Lipinski definition) is 4. The van der Waals surface area contributed by atoms with E-state index in [-0.39, 0.29) is 17.7 Å². The van der Waals surface area contributed by atoms with E-state index in [9.17, 15) is 4.79 Å². The van der Waals surface area contributed by atoms with Crippen LogP contribution in [0, 0.1) is 0 Å². The zero-order chi connectivity index (χ0) is 12.1. The molecule has 0 heterocycles. The normalized spacial score (nSPS) is 10.1. The summed E-state index contributed by atoms with van der Waals surface area (Å²) in [7, 11) is -1.85. The summed E-state index contributed by atoms with van der Waals surface area (Å²) in [5.41, 5.74) is 0.494. The van der Waals surface area contributed by atoms with Gasteiger partial charge in [-0.2, -0.15) is 0 Å². The molecule has 0 fully saturated rings. The molecule has 0 radical (unpaired) electrons. The van der Waals surface area contributed by atoms with Gasteiger partial charge in [-0.3, -0.25) is 4.79 Å². The van der Waals surface area contributed by atoms with Gasteiger partial charge in [0.05, 0.1) is 0 Å². The van der Waals surface area contributed by atoms with Crippen molar-refractivity contribution in [1.82, 2.24) is 5.32 Å². The molecule has 1 aromatic rings. The number of carbonyl (C=O) groups excluding carboxylic acids is 1. The molecule has 1 aromatic carbocycles. The summed E-state index contributed by atoms with van der Waals surface area (Å²) in [6, 6.07) is 6.16. The van der Waals surface area contributed by atoms with Crippen LogP contribution >= 0.6 is 0 Å². The first-order valence-corrected chi connectivity index (χ1v) is 4.93. The fourth-order valence-electron chi connectivity index (χ4n) is 1.15. The van der Waals surface area contributed by atoms with E-state index in [0.717, 1.165) is 0 Å². The van der Waals surface area contributed by atoms with Gasteiger partial charge in [-0.05, 0) is 38.1 Å². The maximum absolute atomic E-state index is 11.5. The van der Waals surface area contributed by atoms with Gasteiger partial charge in [-0.15, -0.1) is 0 Å². The van der Waals surface area contributed by atoms with Crippen LogP contribution < -0.4 is 9.97 Å². The third-order valence-corrected chi connectivity index (χ3v) is 1.78. The predicted molar refractivity (Wildman–Crippen MR) is 59.9 cm³/mol. The highest BCUT2D eigenvalue weighted by atomic mass is 16.6. The Balaban J connectivity index is 2.67. The van der Waals surface area contributed by atoms with Gasteiger partial charge in [0.25, 0.3) is 5.91 Å². The predicted octanol–water partition coefficient (Wildman–Crippen LogP) is 0.173. The molecule has 0 unspecified atom stereocenters. The molecular weight excluding hydrogens is 209 g/mol. The number of hydrogen-bond donors (Lipinski definition) is 3. The molecule has 0 bridgehead atoms. The molecule has 0 aliphatic carbocycles. The topological polar surface area (TPSA) is 78.8 Å². The molecule has 1 amide bonds. The van der Waals surface area contributed by atoms with Crippen LogP contribution in [0.15, 0.2) is 24.3 Å². The third kappa shape index (κ3) is 3.92. The summed E-state index contributed by atoms with van der Waals surface area (Å²) in [4.78, 5) is 11.5. The van der Waals surface area contributed by atoms with E-state index in [4.69, 9.17) is 10.0 Å². The van der Waals surface area contributed by atoms with Crippen LogP contribution in [-0.4, -0.2) is 29.3 Å². The minimum Gasteiger partial charge on any atom is -0.512 e. The molecule has 86 valence electrons. The van der Waals surface area contributed by atoms with Crippen LogP contribution in [0.25, 0.3) is 0 Å². The second-order valence-electron chi connectivity index (χ2n) is 3.60. The zero-order valence-corrected chi connectivity index (χ0v) is 9.18. The number of rotatable bonds is 4. The standard InChI is InChI=1S/C10H14BNO4/c1-7(2)12-10(13)8-3-5-9(6-4-8)16-11(14)15/h3-7,14-15H,1-2H3,(H,12,13). The number of benzene rings is 1. The average molecular weight is 223 g/mol. The lowest BCUT2D eigenvalue weighted by Crippen LogP contribution is -2.30. The van der Waals surface area contributed by atoms with Gasteiger partial charge in [-0.1, -0.05) is 0 Å². The minimum atomic E-state index is -1.85. The zero-order valence-electron chi connectivity index (χ0n) is 9.18. The second-order valence-corrected chi connectivity index (χ2v) is 3.60. The Morgan fingerprint density at radius 3 is 2.31 bits per heavy atom. The lowest BCUT2D eigenvalue weighted by Gasteiger charge is -2.09. The Labute approximate surface area is 94.2 Å². The highest BCUT2D eigenvalue weighted by molar-refractivity contribution is 6.33. The molecule has 6 heteroatoms. The minimum absolute atomic E-state index is 0.0719. The van der Waals surface area contributed by atoms with Crippen molar-refractivity contribution in [3.05, 3.63) is 29.8 Å². The van der Waals surface area contributed by atoms with Crippen LogP contribution in [0.3, 0.4) is 0 Å². The van der Waals surface area contributed by atoms with Gasteiger partial charge in [0.1, 0.15) is 5.75 Å². The van der Waals surface area contributed by atoms with Crippen molar-refractivity contribution in [1.29, 1.82) is 0 Å². The summed E-state index contributed by atoms with van der Waals surface area (Å²) < 4.78 is 4.61. The molecule has 0 aliphatic heterocycles. The van der Waals surface area contributed by atoms with Gasteiger partial charge in [0.15, 0.2) is 0 Å². The first kappa shape index (κ1) is 12.5. The number of carbonyl (C=O) groups is 1. The summed E-state index contributed by atoms with van der Waals surface area (Å²) in [6.07, 6.45) is 0. The van der Waals surface area contributed by atoms with Crippen molar-refractivity contribution >= 4 is 13.2 Å². The smallest absolute Gasteiger partial charge is 0.512 e. The molecule has 0 aromatic heterocycles. The van der Waals surface area contributed by atoms with Crippen molar-refractivity contribution in [2.75, 3.05) is 0 Å². The summed E-state index contributed by atoms with van der Waals surface area (Å²) in [5.74, 6) is 0.113. The van der Waals surface area contributed by atoms with Gasteiger partial charge in [0, 0.05) is 11.6 Å². The lowest BCUT2D eigenvalue weighted by molar-refractivity contribution is 0.0943. The van der Waals surface area contributed by atoms with E-state index in [0.29, 0.717) is 5.56 Å². The molecule has 0 saturated carbocycles. The third-order valence-electron chi connectivity index (χ3n) is 1.78. The van der Waals surface area contributed by atoms with Gasteiger partial charge >= 0.3 is 7.32 Å². The van der Waals surface area contributed by atoms with Crippen molar-refractivity contribution < 1.29 is 19.5 Å². The van der Waals surface area contributed by atoms with Gasteiger partial charge in [-0.25, -0.2) is 0 Å². The van der Waals surface area contributed by atoms with Gasteiger partial charge < -0.3 is 20.0 Å². The number of amides is 1. The summed E-state index contributed by atoms with van der Waals surface area (Å²) >= 11 is 0. The van der Waals surface area contributed by atoms with Crippen LogP contribution in [0.5, 0.6) is 5.75 Å². The Morgan fingerprint density at radius 2 is 1.88 bits per heavy atom. The molecule has 0 spiro atoms. The average Bonchev–Trinajstić information content (AvgIpc) is 2.16. The van der Waals surface area contributed by atoms with E-state index < -0.39 is 7.32 Å². The quantitative estimate of drug-likeness (QED) is 0.636. The van der Waals surface area contributed by atoms with Crippen molar-refractivity contribution in [2.45, 2.75) is 19.9 Å². The molecule has 1 rings (SSSR count). The maximum atomic E-state index is 11.5. The summed E-state index contributed by atoms with van der Waals surface area (Å²) in [5, 5.41) is 19.9. The maximum Gasteiger partial charge on any atom is 0.707 e. The molecule has 5 nitrogen and oxygen atoms in total. The molecule has 16 heavy (non-hydrogen) atoms. The fraction of sp³-hybridized carbons (Fsp3) is 0.300. The van der Waals surface area contributed by atoms with Crippen LogP contribution in [0.1, 0.15) is 24.2 Å². The first-order valence-electron chi connectivity index (χ1n) is 4.93. The highest BCUT2D eigenvalue weighted by Crippen LogP contribution is 2.12. The van der Waals surface area contributed by atoms with Crippen molar-refractivity contribution in [3.8, 4) is 5.75 Å². The second kappa shape index (κ2) is 5.53. The Hall–Kier alpha value is -1.53. The molecule has 0 saturated heterocycles.